The Balaban J connectivity index is 2.09. The summed E-state index contributed by atoms with van der Waals surface area (Å²) in [5.41, 5.74) is 7.65. The van der Waals surface area contributed by atoms with Crippen molar-refractivity contribution >= 4 is 23.0 Å². The number of carbonyl (C=O) groups excluding carboxylic acids is 1. The summed E-state index contributed by atoms with van der Waals surface area (Å²) in [6, 6.07) is 8.34. The predicted molar refractivity (Wildman–Crippen MR) is 86.3 cm³/mol. The third kappa shape index (κ3) is 2.50. The first-order chi connectivity index (χ1) is 10.9. The minimum absolute atomic E-state index is 0.0459. The average Bonchev–Trinajstić information content (AvgIpc) is 2.51. The number of nitrogens with two attached hydrogens (primary N) is 1. The molecule has 2 N–H and O–H groups in total. The van der Waals surface area contributed by atoms with E-state index in [1.165, 1.54) is 23.1 Å². The number of amides is 1. The second-order valence-corrected chi connectivity index (χ2v) is 5.65. The van der Waals surface area contributed by atoms with Gasteiger partial charge in [-0.05, 0) is 37.3 Å². The summed E-state index contributed by atoms with van der Waals surface area (Å²) in [7, 11) is 1.68. The fraction of sp³-hybridized carbons (Fsp3) is 0.235. The molecule has 0 spiro atoms. The van der Waals surface area contributed by atoms with Gasteiger partial charge in [-0.3, -0.25) is 4.79 Å². The van der Waals surface area contributed by atoms with Crippen molar-refractivity contribution in [1.29, 1.82) is 0 Å². The minimum Gasteiger partial charge on any atom is -0.399 e. The van der Waals surface area contributed by atoms with Crippen molar-refractivity contribution in [3.8, 4) is 0 Å². The van der Waals surface area contributed by atoms with Crippen LogP contribution in [0.1, 0.15) is 12.5 Å². The molecule has 2 aromatic rings. The van der Waals surface area contributed by atoms with Crippen LogP contribution in [0.3, 0.4) is 0 Å². The van der Waals surface area contributed by atoms with Gasteiger partial charge in [0.05, 0.1) is 11.4 Å². The molecule has 0 fully saturated rings. The van der Waals surface area contributed by atoms with E-state index in [9.17, 15) is 13.6 Å². The summed E-state index contributed by atoms with van der Waals surface area (Å²) >= 11 is 0. The normalized spacial score (nSPS) is 17.4. The molecule has 0 saturated carbocycles. The molecule has 0 radical (unpaired) electrons. The average molecular weight is 317 g/mol. The summed E-state index contributed by atoms with van der Waals surface area (Å²) < 4.78 is 27.9. The highest BCUT2D eigenvalue weighted by Crippen LogP contribution is 2.38. The molecule has 120 valence electrons. The monoisotopic (exact) mass is 317 g/mol. The van der Waals surface area contributed by atoms with Crippen LogP contribution >= 0.6 is 0 Å². The molecule has 1 aliphatic heterocycles. The fourth-order valence-electron chi connectivity index (χ4n) is 2.87. The summed E-state index contributed by atoms with van der Waals surface area (Å²) in [6.45, 7) is 1.67. The van der Waals surface area contributed by atoms with E-state index in [4.69, 9.17) is 5.73 Å². The quantitative estimate of drug-likeness (QED) is 0.867. The number of rotatable bonds is 2. The number of benzene rings is 2. The number of fused-ring (bicyclic) bond motifs is 1. The van der Waals surface area contributed by atoms with Crippen molar-refractivity contribution in [3.63, 3.8) is 0 Å². The molecule has 4 nitrogen and oxygen atoms in total. The van der Waals surface area contributed by atoms with Crippen LogP contribution in [0.2, 0.25) is 0 Å². The Hall–Kier alpha value is -2.63. The van der Waals surface area contributed by atoms with Gasteiger partial charge >= 0.3 is 0 Å². The standard InChI is InChI=1S/C17H17F2N3O/c1-10-17(23)21(2)15-7-6-11(20)8-16(15)22(10)9-12-13(18)4-3-5-14(12)19/h3-8,10H,9,20H2,1-2H3. The van der Waals surface area contributed by atoms with Gasteiger partial charge in [-0.15, -0.1) is 0 Å². The van der Waals surface area contributed by atoms with Crippen LogP contribution in [-0.2, 0) is 11.3 Å². The van der Waals surface area contributed by atoms with Gasteiger partial charge in [0.2, 0.25) is 5.91 Å². The molecule has 0 bridgehead atoms. The zero-order chi connectivity index (χ0) is 16.7. The van der Waals surface area contributed by atoms with Crippen LogP contribution in [-0.4, -0.2) is 19.0 Å². The lowest BCUT2D eigenvalue weighted by Crippen LogP contribution is -2.50. The third-order valence-corrected chi connectivity index (χ3v) is 4.22. The lowest BCUT2D eigenvalue weighted by atomic mass is 10.0. The van der Waals surface area contributed by atoms with E-state index < -0.39 is 17.7 Å². The van der Waals surface area contributed by atoms with Crippen LogP contribution < -0.4 is 15.5 Å². The van der Waals surface area contributed by atoms with Crippen molar-refractivity contribution in [3.05, 3.63) is 53.6 Å². The number of hydrogen-bond donors (Lipinski definition) is 1. The maximum atomic E-state index is 14.0. The minimum atomic E-state index is -0.631. The Bertz CT molecular complexity index is 758. The molecule has 3 rings (SSSR count). The molecule has 0 aromatic heterocycles. The maximum absolute atomic E-state index is 14.0. The summed E-state index contributed by atoms with van der Waals surface area (Å²) in [6.07, 6.45) is 0. The molecular formula is C17H17F2N3O. The number of halogens is 2. The molecular weight excluding hydrogens is 300 g/mol. The molecule has 0 saturated heterocycles. The van der Waals surface area contributed by atoms with Crippen LogP contribution in [0.15, 0.2) is 36.4 Å². The first-order valence-electron chi connectivity index (χ1n) is 7.26. The van der Waals surface area contributed by atoms with Crippen molar-refractivity contribution < 1.29 is 13.6 Å². The van der Waals surface area contributed by atoms with Crippen LogP contribution in [0, 0.1) is 11.6 Å². The van der Waals surface area contributed by atoms with Crippen molar-refractivity contribution in [2.45, 2.75) is 19.5 Å². The van der Waals surface area contributed by atoms with Gasteiger partial charge in [-0.2, -0.15) is 0 Å². The molecule has 1 heterocycles. The SMILES string of the molecule is CC1C(=O)N(C)c2ccc(N)cc2N1Cc1c(F)cccc1F. The van der Waals surface area contributed by atoms with Gasteiger partial charge in [0.25, 0.3) is 0 Å². The second-order valence-electron chi connectivity index (χ2n) is 5.65. The summed E-state index contributed by atoms with van der Waals surface area (Å²) in [4.78, 5) is 15.6. The van der Waals surface area contributed by atoms with E-state index in [0.717, 1.165) is 0 Å². The first-order valence-corrected chi connectivity index (χ1v) is 7.26. The lowest BCUT2D eigenvalue weighted by molar-refractivity contribution is -0.119. The third-order valence-electron chi connectivity index (χ3n) is 4.22. The van der Waals surface area contributed by atoms with Crippen LogP contribution in [0.25, 0.3) is 0 Å². The lowest BCUT2D eigenvalue weighted by Gasteiger charge is -2.40. The van der Waals surface area contributed by atoms with E-state index in [1.807, 2.05) is 0 Å². The topological polar surface area (TPSA) is 49.6 Å². The number of nitrogens with zero attached hydrogens (tertiary/aromatic N) is 2. The smallest absolute Gasteiger partial charge is 0.249 e. The molecule has 6 heteroatoms. The molecule has 1 amide bonds. The maximum Gasteiger partial charge on any atom is 0.249 e. The highest BCUT2D eigenvalue weighted by molar-refractivity contribution is 6.05. The first kappa shape index (κ1) is 15.3. The van der Waals surface area contributed by atoms with E-state index in [-0.39, 0.29) is 18.0 Å². The zero-order valence-corrected chi connectivity index (χ0v) is 12.9. The Morgan fingerprint density at radius 1 is 1.13 bits per heavy atom. The van der Waals surface area contributed by atoms with Crippen molar-refractivity contribution in [1.82, 2.24) is 0 Å². The summed E-state index contributed by atoms with van der Waals surface area (Å²) in [5, 5.41) is 0. The van der Waals surface area contributed by atoms with Gasteiger partial charge in [0.15, 0.2) is 0 Å². The highest BCUT2D eigenvalue weighted by Gasteiger charge is 2.34. The van der Waals surface area contributed by atoms with Crippen LogP contribution in [0.4, 0.5) is 25.8 Å². The summed E-state index contributed by atoms with van der Waals surface area (Å²) in [5.74, 6) is -1.40. The predicted octanol–water partition coefficient (Wildman–Crippen LogP) is 2.92. The molecule has 0 aliphatic carbocycles. The van der Waals surface area contributed by atoms with Crippen molar-refractivity contribution in [2.75, 3.05) is 22.6 Å². The zero-order valence-electron chi connectivity index (χ0n) is 12.9. The number of nitrogen functional groups attached to an aromatic ring is 1. The van der Waals surface area contributed by atoms with Crippen LogP contribution in [0.5, 0.6) is 0 Å². The van der Waals surface area contributed by atoms with Gasteiger partial charge < -0.3 is 15.5 Å². The van der Waals surface area contributed by atoms with Gasteiger partial charge in [-0.1, -0.05) is 6.07 Å². The Morgan fingerprint density at radius 3 is 2.43 bits per heavy atom. The van der Waals surface area contributed by atoms with Gasteiger partial charge in [-0.25, -0.2) is 8.78 Å². The Morgan fingerprint density at radius 2 is 1.78 bits per heavy atom. The highest BCUT2D eigenvalue weighted by atomic mass is 19.1. The van der Waals surface area contributed by atoms with Gasteiger partial charge in [0, 0.05) is 24.8 Å². The Kier molecular flexibility index (Phi) is 3.67. The molecule has 23 heavy (non-hydrogen) atoms. The molecule has 1 aliphatic rings. The fourth-order valence-corrected chi connectivity index (χ4v) is 2.87. The molecule has 2 aromatic carbocycles. The number of hydrogen-bond acceptors (Lipinski definition) is 3. The number of carbonyl (C=O) groups is 1. The van der Waals surface area contributed by atoms with E-state index in [2.05, 4.69) is 0 Å². The molecule has 1 atom stereocenters. The van der Waals surface area contributed by atoms with Crippen molar-refractivity contribution in [2.24, 2.45) is 0 Å². The van der Waals surface area contributed by atoms with E-state index in [0.29, 0.717) is 17.1 Å². The van der Waals surface area contributed by atoms with Gasteiger partial charge in [0.1, 0.15) is 17.7 Å². The van der Waals surface area contributed by atoms with E-state index in [1.54, 1.807) is 37.1 Å². The second kappa shape index (κ2) is 5.53. The number of likely N-dealkylation sites (N-methyl/N-ethyl adjacent to an activating group) is 1. The van der Waals surface area contributed by atoms with E-state index >= 15 is 0 Å². The number of anilines is 3. The molecule has 1 unspecified atom stereocenters. The largest absolute Gasteiger partial charge is 0.399 e. The Labute approximate surface area is 133 Å².